The second kappa shape index (κ2) is 7.43. The van der Waals surface area contributed by atoms with Crippen molar-refractivity contribution in [3.63, 3.8) is 0 Å². The van der Waals surface area contributed by atoms with Crippen molar-refractivity contribution in [2.45, 2.75) is 59.1 Å². The molecule has 4 nitrogen and oxygen atoms in total. The molecule has 0 bridgehead atoms. The summed E-state index contributed by atoms with van der Waals surface area (Å²) < 4.78 is 5.16. The summed E-state index contributed by atoms with van der Waals surface area (Å²) in [5, 5.41) is 4.87. The number of rotatable bonds is 6. The van der Waals surface area contributed by atoms with Gasteiger partial charge in [-0.1, -0.05) is 6.92 Å². The van der Waals surface area contributed by atoms with Crippen LogP contribution in [0.1, 0.15) is 51.0 Å². The first-order chi connectivity index (χ1) is 9.31. The van der Waals surface area contributed by atoms with Gasteiger partial charge in [0.05, 0.1) is 13.0 Å². The van der Waals surface area contributed by atoms with E-state index < -0.39 is 5.60 Å². The Bertz CT molecular complexity index is 460. The zero-order valence-electron chi connectivity index (χ0n) is 12.6. The average molecular weight is 297 g/mol. The standard InChI is InChI=1S/C15H23NO3S/c1-5-11-8-9-20-12(11)10-16-13(17)6-7-14(18)19-15(2,3)4/h8-9H,5-7,10H2,1-4H3,(H,16,17). The first-order valence-electron chi connectivity index (χ1n) is 6.85. The van der Waals surface area contributed by atoms with Crippen molar-refractivity contribution in [3.8, 4) is 0 Å². The molecule has 20 heavy (non-hydrogen) atoms. The lowest BCUT2D eigenvalue weighted by atomic mass is 10.2. The van der Waals surface area contributed by atoms with Gasteiger partial charge in [-0.15, -0.1) is 11.3 Å². The topological polar surface area (TPSA) is 55.4 Å². The summed E-state index contributed by atoms with van der Waals surface area (Å²) in [6, 6.07) is 2.08. The number of hydrogen-bond acceptors (Lipinski definition) is 4. The Morgan fingerprint density at radius 3 is 2.60 bits per heavy atom. The van der Waals surface area contributed by atoms with Crippen LogP contribution in [0.4, 0.5) is 0 Å². The van der Waals surface area contributed by atoms with Crippen LogP contribution in [0.25, 0.3) is 0 Å². The van der Waals surface area contributed by atoms with Gasteiger partial charge in [0.2, 0.25) is 5.91 Å². The molecule has 1 amide bonds. The molecule has 0 atom stereocenters. The number of ether oxygens (including phenoxy) is 1. The van der Waals surface area contributed by atoms with Crippen LogP contribution in [0.3, 0.4) is 0 Å². The summed E-state index contributed by atoms with van der Waals surface area (Å²) >= 11 is 1.64. The van der Waals surface area contributed by atoms with Gasteiger partial charge in [0.1, 0.15) is 5.60 Å². The van der Waals surface area contributed by atoms with Gasteiger partial charge in [-0.2, -0.15) is 0 Å². The highest BCUT2D eigenvalue weighted by molar-refractivity contribution is 7.10. The van der Waals surface area contributed by atoms with Gasteiger partial charge in [-0.05, 0) is 44.2 Å². The first kappa shape index (κ1) is 16.7. The first-order valence-corrected chi connectivity index (χ1v) is 7.73. The number of aryl methyl sites for hydroxylation is 1. The summed E-state index contributed by atoms with van der Waals surface area (Å²) in [6.07, 6.45) is 1.25. The minimum atomic E-state index is -0.499. The Hall–Kier alpha value is -1.36. The molecule has 1 aromatic rings. The highest BCUT2D eigenvalue weighted by Crippen LogP contribution is 2.17. The van der Waals surface area contributed by atoms with Crippen LogP contribution in [0.5, 0.6) is 0 Å². The molecule has 0 aliphatic carbocycles. The van der Waals surface area contributed by atoms with Crippen molar-refractivity contribution in [1.29, 1.82) is 0 Å². The van der Waals surface area contributed by atoms with E-state index in [0.717, 1.165) is 6.42 Å². The molecule has 0 radical (unpaired) electrons. The van der Waals surface area contributed by atoms with Crippen LogP contribution in [-0.4, -0.2) is 17.5 Å². The number of hydrogen-bond donors (Lipinski definition) is 1. The van der Waals surface area contributed by atoms with Crippen LogP contribution >= 0.6 is 11.3 Å². The Morgan fingerprint density at radius 2 is 2.00 bits per heavy atom. The predicted octanol–water partition coefficient (Wildman–Crippen LogP) is 3.05. The third-order valence-corrected chi connectivity index (χ3v) is 3.60. The maximum absolute atomic E-state index is 11.7. The fraction of sp³-hybridized carbons (Fsp3) is 0.600. The SMILES string of the molecule is CCc1ccsc1CNC(=O)CCC(=O)OC(C)(C)C. The number of thiophene rings is 1. The second-order valence-corrected chi connectivity index (χ2v) is 6.59. The molecule has 1 aromatic heterocycles. The molecule has 5 heteroatoms. The maximum Gasteiger partial charge on any atom is 0.306 e. The lowest BCUT2D eigenvalue weighted by Gasteiger charge is -2.19. The molecule has 0 saturated heterocycles. The van der Waals surface area contributed by atoms with Gasteiger partial charge in [0.25, 0.3) is 0 Å². The molecule has 0 aliphatic rings. The molecule has 0 fully saturated rings. The van der Waals surface area contributed by atoms with E-state index in [1.54, 1.807) is 11.3 Å². The van der Waals surface area contributed by atoms with E-state index >= 15 is 0 Å². The van der Waals surface area contributed by atoms with Crippen molar-refractivity contribution in [2.75, 3.05) is 0 Å². The van der Waals surface area contributed by atoms with E-state index in [2.05, 4.69) is 18.3 Å². The van der Waals surface area contributed by atoms with Gasteiger partial charge in [0.15, 0.2) is 0 Å². The van der Waals surface area contributed by atoms with Gasteiger partial charge in [0, 0.05) is 11.3 Å². The van der Waals surface area contributed by atoms with E-state index in [9.17, 15) is 9.59 Å². The highest BCUT2D eigenvalue weighted by Gasteiger charge is 2.17. The number of carbonyl (C=O) groups is 2. The average Bonchev–Trinajstić information content (AvgIpc) is 2.79. The van der Waals surface area contributed by atoms with Gasteiger partial charge in [-0.3, -0.25) is 9.59 Å². The number of carbonyl (C=O) groups excluding carboxylic acids is 2. The predicted molar refractivity (Wildman–Crippen MR) is 80.6 cm³/mol. The van der Waals surface area contributed by atoms with Crippen molar-refractivity contribution < 1.29 is 14.3 Å². The normalized spacial score (nSPS) is 11.2. The lowest BCUT2D eigenvalue weighted by Crippen LogP contribution is -2.27. The smallest absolute Gasteiger partial charge is 0.306 e. The zero-order valence-corrected chi connectivity index (χ0v) is 13.4. The fourth-order valence-electron chi connectivity index (χ4n) is 1.71. The highest BCUT2D eigenvalue weighted by atomic mass is 32.1. The van der Waals surface area contributed by atoms with Gasteiger partial charge < -0.3 is 10.1 Å². The molecular weight excluding hydrogens is 274 g/mol. The number of amides is 1. The van der Waals surface area contributed by atoms with E-state index in [-0.39, 0.29) is 24.7 Å². The Balaban J connectivity index is 2.29. The zero-order chi connectivity index (χ0) is 15.2. The summed E-state index contributed by atoms with van der Waals surface area (Å²) in [4.78, 5) is 24.4. The van der Waals surface area contributed by atoms with E-state index in [0.29, 0.717) is 6.54 Å². The van der Waals surface area contributed by atoms with Crippen LogP contribution in [0, 0.1) is 0 Å². The Morgan fingerprint density at radius 1 is 1.30 bits per heavy atom. The molecular formula is C15H23NO3S. The monoisotopic (exact) mass is 297 g/mol. The van der Waals surface area contributed by atoms with E-state index in [1.807, 2.05) is 26.2 Å². The molecule has 1 heterocycles. The van der Waals surface area contributed by atoms with Crippen molar-refractivity contribution in [2.24, 2.45) is 0 Å². The van der Waals surface area contributed by atoms with Crippen LogP contribution in [-0.2, 0) is 27.3 Å². The van der Waals surface area contributed by atoms with E-state index in [1.165, 1.54) is 10.4 Å². The minimum absolute atomic E-state index is 0.119. The van der Waals surface area contributed by atoms with Crippen molar-refractivity contribution >= 4 is 23.2 Å². The largest absolute Gasteiger partial charge is 0.460 e. The Labute approximate surface area is 124 Å². The molecule has 1 N–H and O–H groups in total. The molecule has 0 aromatic carbocycles. The van der Waals surface area contributed by atoms with Crippen LogP contribution in [0.2, 0.25) is 0 Å². The Kier molecular flexibility index (Phi) is 6.20. The molecule has 1 rings (SSSR count). The third-order valence-electron chi connectivity index (χ3n) is 2.64. The van der Waals surface area contributed by atoms with Crippen molar-refractivity contribution in [1.82, 2.24) is 5.32 Å². The maximum atomic E-state index is 11.7. The molecule has 0 unspecified atom stereocenters. The fourth-order valence-corrected chi connectivity index (χ4v) is 2.63. The third kappa shape index (κ3) is 6.19. The number of nitrogens with one attached hydrogen (secondary N) is 1. The lowest BCUT2D eigenvalue weighted by molar-refractivity contribution is -0.155. The van der Waals surface area contributed by atoms with E-state index in [4.69, 9.17) is 4.74 Å². The minimum Gasteiger partial charge on any atom is -0.460 e. The van der Waals surface area contributed by atoms with Crippen LogP contribution < -0.4 is 5.32 Å². The van der Waals surface area contributed by atoms with Gasteiger partial charge >= 0.3 is 5.97 Å². The number of esters is 1. The quantitative estimate of drug-likeness (QED) is 0.821. The van der Waals surface area contributed by atoms with Crippen molar-refractivity contribution in [3.05, 3.63) is 21.9 Å². The molecule has 0 spiro atoms. The summed E-state index contributed by atoms with van der Waals surface area (Å²) in [7, 11) is 0. The van der Waals surface area contributed by atoms with Crippen LogP contribution in [0.15, 0.2) is 11.4 Å². The molecule has 112 valence electrons. The molecule has 0 aliphatic heterocycles. The summed E-state index contributed by atoms with van der Waals surface area (Å²) in [6.45, 7) is 8.07. The molecule has 0 saturated carbocycles. The van der Waals surface area contributed by atoms with Gasteiger partial charge in [-0.25, -0.2) is 0 Å². The summed E-state index contributed by atoms with van der Waals surface area (Å²) in [5.41, 5.74) is 0.767. The summed E-state index contributed by atoms with van der Waals surface area (Å²) in [5.74, 6) is -0.454. The second-order valence-electron chi connectivity index (χ2n) is 5.59.